The largest absolute Gasteiger partial charge is 0.385 e. The number of halogens is 3. The lowest BCUT2D eigenvalue weighted by molar-refractivity contribution is 0.0569. The lowest BCUT2D eigenvalue weighted by atomic mass is 9.89. The number of benzene rings is 2. The van der Waals surface area contributed by atoms with Crippen molar-refractivity contribution in [2.75, 3.05) is 0 Å². The summed E-state index contributed by atoms with van der Waals surface area (Å²) in [5, 5.41) is 11.4. The highest BCUT2D eigenvalue weighted by Crippen LogP contribution is 2.33. The van der Waals surface area contributed by atoms with E-state index >= 15 is 0 Å². The maximum Gasteiger partial charge on any atom is 0.0920 e. The van der Waals surface area contributed by atoms with Crippen molar-refractivity contribution in [3.8, 4) is 0 Å². The molecule has 0 aliphatic carbocycles. The van der Waals surface area contributed by atoms with Gasteiger partial charge < -0.3 is 5.11 Å². The molecule has 0 fully saturated rings. The van der Waals surface area contributed by atoms with Gasteiger partial charge in [-0.25, -0.2) is 0 Å². The van der Waals surface area contributed by atoms with E-state index in [1.54, 1.807) is 6.92 Å². The van der Waals surface area contributed by atoms with Crippen molar-refractivity contribution in [2.45, 2.75) is 18.9 Å². The number of rotatable bonds is 3. The van der Waals surface area contributed by atoms with Gasteiger partial charge in [-0.15, -0.1) is 0 Å². The van der Waals surface area contributed by atoms with Crippen molar-refractivity contribution < 1.29 is 5.11 Å². The molecule has 4 heteroatoms. The van der Waals surface area contributed by atoms with Gasteiger partial charge in [0.05, 0.1) is 5.60 Å². The van der Waals surface area contributed by atoms with Crippen LogP contribution in [0.3, 0.4) is 0 Å². The molecule has 0 amide bonds. The third-order valence-corrected chi connectivity index (χ3v) is 4.54. The van der Waals surface area contributed by atoms with Crippen LogP contribution in [-0.4, -0.2) is 5.11 Å². The molecule has 2 aromatic rings. The van der Waals surface area contributed by atoms with E-state index in [4.69, 9.17) is 11.6 Å². The van der Waals surface area contributed by atoms with Gasteiger partial charge in [0.15, 0.2) is 0 Å². The molecule has 0 aliphatic rings. The third kappa shape index (κ3) is 3.60. The van der Waals surface area contributed by atoms with Gasteiger partial charge in [-0.1, -0.05) is 67.7 Å². The number of aliphatic hydroxyl groups is 1. The first kappa shape index (κ1) is 15.0. The van der Waals surface area contributed by atoms with E-state index in [2.05, 4.69) is 31.9 Å². The predicted molar refractivity (Wildman–Crippen MR) is 86.6 cm³/mol. The molecule has 19 heavy (non-hydrogen) atoms. The summed E-state index contributed by atoms with van der Waals surface area (Å²) in [5.41, 5.74) is 0.803. The number of hydrogen-bond acceptors (Lipinski definition) is 1. The van der Waals surface area contributed by atoms with Crippen LogP contribution in [0.5, 0.6) is 0 Å². The Kier molecular flexibility index (Phi) is 4.72. The van der Waals surface area contributed by atoms with Crippen LogP contribution in [0, 0.1) is 0 Å². The lowest BCUT2D eigenvalue weighted by Gasteiger charge is -2.25. The molecule has 1 nitrogen and oxygen atoms in total. The van der Waals surface area contributed by atoms with E-state index in [1.807, 2.05) is 42.5 Å². The molecule has 0 radical (unpaired) electrons. The molecule has 1 unspecified atom stereocenters. The van der Waals surface area contributed by atoms with Crippen molar-refractivity contribution >= 4 is 43.5 Å². The van der Waals surface area contributed by atoms with Crippen LogP contribution in [0.25, 0.3) is 0 Å². The molecule has 0 bridgehead atoms. The zero-order chi connectivity index (χ0) is 14.0. The van der Waals surface area contributed by atoms with Gasteiger partial charge in [-0.3, -0.25) is 0 Å². The van der Waals surface area contributed by atoms with Crippen LogP contribution >= 0.6 is 43.5 Å². The third-order valence-electron chi connectivity index (χ3n) is 3.00. The first-order valence-electron chi connectivity index (χ1n) is 5.81. The van der Waals surface area contributed by atoms with Gasteiger partial charge in [0.25, 0.3) is 0 Å². The summed E-state index contributed by atoms with van der Waals surface area (Å²) in [6.07, 6.45) is 0.460. The Morgan fingerprint density at radius 3 is 2.47 bits per heavy atom. The summed E-state index contributed by atoms with van der Waals surface area (Å²) in [7, 11) is 0. The Bertz CT molecular complexity index is 596. The zero-order valence-electron chi connectivity index (χ0n) is 10.3. The van der Waals surface area contributed by atoms with Crippen molar-refractivity contribution in [1.29, 1.82) is 0 Å². The normalized spacial score (nSPS) is 14.2. The van der Waals surface area contributed by atoms with Crippen LogP contribution < -0.4 is 0 Å². The highest BCUT2D eigenvalue weighted by atomic mass is 79.9. The monoisotopic (exact) mass is 402 g/mol. The highest BCUT2D eigenvalue weighted by Gasteiger charge is 2.26. The average molecular weight is 405 g/mol. The second-order valence-electron chi connectivity index (χ2n) is 4.67. The van der Waals surface area contributed by atoms with E-state index in [-0.39, 0.29) is 0 Å². The minimum absolute atomic E-state index is 0.460. The van der Waals surface area contributed by atoms with Crippen LogP contribution in [0.4, 0.5) is 0 Å². The fraction of sp³-hybridized carbons (Fsp3) is 0.200. The maximum absolute atomic E-state index is 10.7. The molecule has 0 aromatic heterocycles. The van der Waals surface area contributed by atoms with E-state index in [9.17, 15) is 5.11 Å². The van der Waals surface area contributed by atoms with Gasteiger partial charge in [0.1, 0.15) is 0 Å². The summed E-state index contributed by atoms with van der Waals surface area (Å²) < 4.78 is 1.83. The highest BCUT2D eigenvalue weighted by molar-refractivity contribution is 9.10. The lowest BCUT2D eigenvalue weighted by Crippen LogP contribution is -2.25. The quantitative estimate of drug-likeness (QED) is 0.735. The molecule has 0 saturated heterocycles. The molecule has 0 spiro atoms. The molecule has 0 aliphatic heterocycles. The molecule has 2 rings (SSSR count). The van der Waals surface area contributed by atoms with E-state index in [1.165, 1.54) is 0 Å². The Balaban J connectivity index is 2.33. The minimum atomic E-state index is -0.975. The van der Waals surface area contributed by atoms with Crippen LogP contribution in [-0.2, 0) is 12.0 Å². The smallest absolute Gasteiger partial charge is 0.0920 e. The molecule has 1 atom stereocenters. The summed E-state index contributed by atoms with van der Waals surface area (Å²) in [4.78, 5) is 0. The van der Waals surface area contributed by atoms with Crippen LogP contribution in [0.1, 0.15) is 18.1 Å². The average Bonchev–Trinajstić information content (AvgIpc) is 2.33. The maximum atomic E-state index is 10.7. The summed E-state index contributed by atoms with van der Waals surface area (Å²) >= 11 is 13.1. The Hall–Kier alpha value is -0.350. The molecule has 1 N–H and O–H groups in total. The van der Waals surface area contributed by atoms with Crippen molar-refractivity contribution in [1.82, 2.24) is 0 Å². The van der Waals surface area contributed by atoms with Gasteiger partial charge in [-0.05, 0) is 36.2 Å². The molecule has 0 saturated carbocycles. The first-order chi connectivity index (χ1) is 8.90. The minimum Gasteiger partial charge on any atom is -0.385 e. The standard InChI is InChI=1S/C15H13Br2ClO/c1-15(19,12-4-2-3-5-13(12)17)9-10-6-7-11(16)8-14(10)18/h2-8,19H,9H2,1H3. The number of hydrogen-bond donors (Lipinski definition) is 1. The molecule has 100 valence electrons. The van der Waals surface area contributed by atoms with Crippen molar-refractivity contribution in [3.05, 3.63) is 67.6 Å². The predicted octanol–water partition coefficient (Wildman–Crippen LogP) is 5.32. The fourth-order valence-corrected chi connectivity index (χ4v) is 3.48. The van der Waals surface area contributed by atoms with Crippen molar-refractivity contribution in [3.63, 3.8) is 0 Å². The SMILES string of the molecule is CC(O)(Cc1ccc(Br)cc1Cl)c1ccccc1Br. The van der Waals surface area contributed by atoms with Gasteiger partial charge in [-0.2, -0.15) is 0 Å². The van der Waals surface area contributed by atoms with Gasteiger partial charge >= 0.3 is 0 Å². The molecular weight excluding hydrogens is 391 g/mol. The van der Waals surface area contributed by atoms with Crippen LogP contribution in [0.2, 0.25) is 5.02 Å². The van der Waals surface area contributed by atoms with E-state index in [0.717, 1.165) is 20.1 Å². The molecule has 2 aromatic carbocycles. The topological polar surface area (TPSA) is 20.2 Å². The van der Waals surface area contributed by atoms with Gasteiger partial charge in [0.2, 0.25) is 0 Å². The van der Waals surface area contributed by atoms with Crippen molar-refractivity contribution in [2.24, 2.45) is 0 Å². The van der Waals surface area contributed by atoms with E-state index in [0.29, 0.717) is 11.4 Å². The first-order valence-corrected chi connectivity index (χ1v) is 7.78. The zero-order valence-corrected chi connectivity index (χ0v) is 14.3. The van der Waals surface area contributed by atoms with Crippen LogP contribution in [0.15, 0.2) is 51.4 Å². The summed E-state index contributed by atoms with van der Waals surface area (Å²) in [6, 6.07) is 13.4. The van der Waals surface area contributed by atoms with E-state index < -0.39 is 5.60 Å². The fourth-order valence-electron chi connectivity index (χ4n) is 2.03. The summed E-state index contributed by atoms with van der Waals surface area (Å²) in [6.45, 7) is 1.80. The molecule has 0 heterocycles. The summed E-state index contributed by atoms with van der Waals surface area (Å²) in [5.74, 6) is 0. The Morgan fingerprint density at radius 2 is 1.84 bits per heavy atom. The Labute approximate surface area is 134 Å². The Morgan fingerprint density at radius 1 is 1.16 bits per heavy atom. The second kappa shape index (κ2) is 5.96. The second-order valence-corrected chi connectivity index (χ2v) is 6.84. The van der Waals surface area contributed by atoms with Gasteiger partial charge in [0, 0.05) is 20.4 Å². The molecular formula is C15H13Br2ClO.